The Morgan fingerprint density at radius 3 is 2.42 bits per heavy atom. The van der Waals surface area contributed by atoms with Crippen LogP contribution in [0.1, 0.15) is 22.8 Å². The van der Waals surface area contributed by atoms with Gasteiger partial charge in [0.05, 0.1) is 16.9 Å². The Morgan fingerprint density at radius 1 is 1.37 bits per heavy atom. The molecule has 1 aliphatic heterocycles. The van der Waals surface area contributed by atoms with Crippen molar-refractivity contribution in [3.8, 4) is 6.07 Å². The maximum absolute atomic E-state index is 12.0. The van der Waals surface area contributed by atoms with Crippen LogP contribution in [0.4, 0.5) is 0 Å². The second-order valence-electron chi connectivity index (χ2n) is 4.47. The van der Waals surface area contributed by atoms with E-state index in [2.05, 4.69) is 0 Å². The van der Waals surface area contributed by atoms with Gasteiger partial charge in [0.1, 0.15) is 0 Å². The lowest BCUT2D eigenvalue weighted by molar-refractivity contribution is 0.0659. The van der Waals surface area contributed by atoms with Gasteiger partial charge < -0.3 is 4.90 Å². The minimum Gasteiger partial charge on any atom is -0.336 e. The van der Waals surface area contributed by atoms with Gasteiger partial charge in [-0.3, -0.25) is 4.79 Å². The van der Waals surface area contributed by atoms with Crippen molar-refractivity contribution >= 4 is 15.7 Å². The van der Waals surface area contributed by atoms with Gasteiger partial charge in [0.2, 0.25) is 0 Å². The Bertz CT molecular complexity index is 623. The molecule has 0 spiro atoms. The maximum atomic E-state index is 12.0. The summed E-state index contributed by atoms with van der Waals surface area (Å²) in [5.74, 6) is -0.0802. The van der Waals surface area contributed by atoms with Gasteiger partial charge in [-0.25, -0.2) is 8.42 Å². The van der Waals surface area contributed by atoms with Crippen LogP contribution in [0.15, 0.2) is 24.3 Å². The highest BCUT2D eigenvalue weighted by Gasteiger charge is 2.38. The summed E-state index contributed by atoms with van der Waals surface area (Å²) < 4.78 is 23.2. The van der Waals surface area contributed by atoms with E-state index in [4.69, 9.17) is 5.26 Å². The Hall–Kier alpha value is -1.87. The lowest BCUT2D eigenvalue weighted by Gasteiger charge is -2.38. The van der Waals surface area contributed by atoms with E-state index in [0.29, 0.717) is 11.1 Å². The van der Waals surface area contributed by atoms with Gasteiger partial charge in [0.15, 0.2) is 9.84 Å². The minimum absolute atomic E-state index is 0.108. The number of amides is 1. The Kier molecular flexibility index (Phi) is 3.58. The second kappa shape index (κ2) is 5.02. The Balaban J connectivity index is 2.02. The van der Waals surface area contributed by atoms with Crippen molar-refractivity contribution in [2.24, 2.45) is 0 Å². The van der Waals surface area contributed by atoms with E-state index in [1.165, 1.54) is 4.90 Å². The molecule has 0 atom stereocenters. The summed E-state index contributed by atoms with van der Waals surface area (Å²) in [6.45, 7) is 2.13. The number of hydrogen-bond acceptors (Lipinski definition) is 4. The van der Waals surface area contributed by atoms with Crippen LogP contribution < -0.4 is 0 Å². The Morgan fingerprint density at radius 2 is 1.95 bits per heavy atom. The number of likely N-dealkylation sites (tertiary alicyclic amines) is 1. The quantitative estimate of drug-likeness (QED) is 0.820. The van der Waals surface area contributed by atoms with Gasteiger partial charge >= 0.3 is 0 Å². The van der Waals surface area contributed by atoms with E-state index in [-0.39, 0.29) is 24.7 Å². The number of carbonyl (C=O) groups is 1. The first-order valence-electron chi connectivity index (χ1n) is 5.99. The normalized spacial score (nSPS) is 15.7. The fraction of sp³-hybridized carbons (Fsp3) is 0.385. The highest BCUT2D eigenvalue weighted by Crippen LogP contribution is 2.20. The summed E-state index contributed by atoms with van der Waals surface area (Å²) in [4.78, 5) is 13.5. The molecule has 0 aliphatic carbocycles. The molecule has 6 heteroatoms. The number of sulfone groups is 1. The van der Waals surface area contributed by atoms with E-state index < -0.39 is 15.1 Å². The number of nitriles is 1. The molecular formula is C13H14N2O3S. The SMILES string of the molecule is CCS(=O)(=O)C1CN(C(=O)c2ccc(C#N)cc2)C1. The van der Waals surface area contributed by atoms with Crippen LogP contribution in [0.25, 0.3) is 0 Å². The second-order valence-corrected chi connectivity index (χ2v) is 7.04. The topological polar surface area (TPSA) is 78.2 Å². The van der Waals surface area contributed by atoms with Crippen molar-refractivity contribution in [1.29, 1.82) is 5.26 Å². The minimum atomic E-state index is -3.06. The van der Waals surface area contributed by atoms with Gasteiger partial charge in [-0.15, -0.1) is 0 Å². The molecule has 1 aromatic carbocycles. The van der Waals surface area contributed by atoms with Crippen molar-refractivity contribution in [3.63, 3.8) is 0 Å². The third kappa shape index (κ3) is 2.61. The van der Waals surface area contributed by atoms with Crippen LogP contribution in [-0.2, 0) is 9.84 Å². The fourth-order valence-corrected chi connectivity index (χ4v) is 3.22. The molecule has 19 heavy (non-hydrogen) atoms. The third-order valence-corrected chi connectivity index (χ3v) is 5.43. The summed E-state index contributed by atoms with van der Waals surface area (Å²) in [5.41, 5.74) is 0.970. The highest BCUT2D eigenvalue weighted by molar-refractivity contribution is 7.92. The van der Waals surface area contributed by atoms with Gasteiger partial charge in [0, 0.05) is 24.4 Å². The predicted molar refractivity (Wildman–Crippen MR) is 70.3 cm³/mol. The zero-order chi connectivity index (χ0) is 14.0. The number of carbonyl (C=O) groups excluding carboxylic acids is 1. The molecule has 1 aliphatic rings. The van der Waals surface area contributed by atoms with Crippen LogP contribution >= 0.6 is 0 Å². The van der Waals surface area contributed by atoms with Gasteiger partial charge in [-0.1, -0.05) is 6.92 Å². The molecule has 1 fully saturated rings. The van der Waals surface area contributed by atoms with Crippen molar-refractivity contribution in [2.45, 2.75) is 12.2 Å². The van der Waals surface area contributed by atoms with Crippen molar-refractivity contribution in [2.75, 3.05) is 18.8 Å². The molecule has 0 unspecified atom stereocenters. The molecule has 0 aromatic heterocycles. The monoisotopic (exact) mass is 278 g/mol. The standard InChI is InChI=1S/C13H14N2O3S/c1-2-19(17,18)12-8-15(9-12)13(16)11-5-3-10(7-14)4-6-11/h3-6,12H,2,8-9H2,1H3. The summed E-state index contributed by atoms with van der Waals surface area (Å²) in [7, 11) is -3.06. The van der Waals surface area contributed by atoms with Gasteiger partial charge in [0.25, 0.3) is 5.91 Å². The Labute approximate surface area is 112 Å². The summed E-state index contributed by atoms with van der Waals surface area (Å²) in [5, 5.41) is 8.24. The van der Waals surface area contributed by atoms with Crippen LogP contribution in [0.5, 0.6) is 0 Å². The molecular weight excluding hydrogens is 264 g/mol. The van der Waals surface area contributed by atoms with Crippen LogP contribution in [-0.4, -0.2) is 43.3 Å². The molecule has 5 nitrogen and oxygen atoms in total. The largest absolute Gasteiger partial charge is 0.336 e. The first kappa shape index (κ1) is 13.6. The number of rotatable bonds is 3. The molecule has 0 bridgehead atoms. The average molecular weight is 278 g/mol. The van der Waals surface area contributed by atoms with Crippen molar-refractivity contribution in [1.82, 2.24) is 4.90 Å². The van der Waals surface area contributed by atoms with Crippen LogP contribution in [0, 0.1) is 11.3 Å². The highest BCUT2D eigenvalue weighted by atomic mass is 32.2. The summed E-state index contributed by atoms with van der Waals surface area (Å²) in [6, 6.07) is 8.31. The zero-order valence-corrected chi connectivity index (χ0v) is 11.4. The van der Waals surface area contributed by atoms with Crippen LogP contribution in [0.3, 0.4) is 0 Å². The van der Waals surface area contributed by atoms with Crippen molar-refractivity contribution in [3.05, 3.63) is 35.4 Å². The molecule has 1 aromatic rings. The van der Waals surface area contributed by atoms with Gasteiger partial charge in [-0.2, -0.15) is 5.26 Å². The van der Waals surface area contributed by atoms with E-state index in [0.717, 1.165) is 0 Å². The number of hydrogen-bond donors (Lipinski definition) is 0. The number of benzene rings is 1. The maximum Gasteiger partial charge on any atom is 0.253 e. The summed E-state index contributed by atoms with van der Waals surface area (Å²) >= 11 is 0. The molecule has 1 amide bonds. The van der Waals surface area contributed by atoms with E-state index in [1.54, 1.807) is 31.2 Å². The molecule has 1 heterocycles. The van der Waals surface area contributed by atoms with E-state index >= 15 is 0 Å². The molecule has 2 rings (SSSR count). The van der Waals surface area contributed by atoms with E-state index in [9.17, 15) is 13.2 Å². The first-order chi connectivity index (χ1) is 8.97. The van der Waals surface area contributed by atoms with Crippen LogP contribution in [0.2, 0.25) is 0 Å². The molecule has 100 valence electrons. The molecule has 0 saturated carbocycles. The first-order valence-corrected chi connectivity index (χ1v) is 7.70. The average Bonchev–Trinajstić information content (AvgIpc) is 2.36. The number of nitrogens with zero attached hydrogens (tertiary/aromatic N) is 2. The van der Waals surface area contributed by atoms with Gasteiger partial charge in [-0.05, 0) is 24.3 Å². The smallest absolute Gasteiger partial charge is 0.253 e. The van der Waals surface area contributed by atoms with Crippen molar-refractivity contribution < 1.29 is 13.2 Å². The molecule has 0 N–H and O–H groups in total. The fourth-order valence-electron chi connectivity index (χ4n) is 1.94. The lowest BCUT2D eigenvalue weighted by atomic mass is 10.1. The molecule has 0 radical (unpaired) electrons. The predicted octanol–water partition coefficient (Wildman–Crippen LogP) is 0.817. The molecule has 1 saturated heterocycles. The third-order valence-electron chi connectivity index (χ3n) is 3.31. The summed E-state index contributed by atoms with van der Waals surface area (Å²) in [6.07, 6.45) is 0. The van der Waals surface area contributed by atoms with E-state index in [1.807, 2.05) is 6.07 Å². The zero-order valence-electron chi connectivity index (χ0n) is 10.5. The lowest BCUT2D eigenvalue weighted by Crippen LogP contribution is -2.57.